The lowest BCUT2D eigenvalue weighted by Gasteiger charge is -2.14. The van der Waals surface area contributed by atoms with Crippen LogP contribution in [0.4, 0.5) is 0 Å². The quantitative estimate of drug-likeness (QED) is 0.314. The smallest absolute Gasteiger partial charge is 0.225 e. The van der Waals surface area contributed by atoms with Crippen LogP contribution in [0.1, 0.15) is 23.6 Å². The van der Waals surface area contributed by atoms with Crippen LogP contribution in [0.3, 0.4) is 0 Å². The van der Waals surface area contributed by atoms with Crippen LogP contribution in [0, 0.1) is 11.3 Å². The minimum atomic E-state index is 0.360. The van der Waals surface area contributed by atoms with Crippen LogP contribution in [0.15, 0.2) is 91.0 Å². The standard InChI is InChI=1S/C28H24N2O3/c1-2-31-25-16-23(18-29)15-24(17-25)26-13-14-27(32-19-21-9-5-3-6-10-21)30-28(26)33-20-22-11-7-4-8-12-22/h3-17H,2,19-20H2,1H3. The van der Waals surface area contributed by atoms with Crippen LogP contribution in [0.2, 0.25) is 0 Å². The lowest BCUT2D eigenvalue weighted by molar-refractivity contribution is 0.268. The van der Waals surface area contributed by atoms with Gasteiger partial charge in [-0.15, -0.1) is 0 Å². The van der Waals surface area contributed by atoms with Crippen molar-refractivity contribution in [3.63, 3.8) is 0 Å². The zero-order valence-electron chi connectivity index (χ0n) is 18.4. The first-order valence-electron chi connectivity index (χ1n) is 10.8. The molecule has 5 heteroatoms. The molecular weight excluding hydrogens is 412 g/mol. The predicted molar refractivity (Wildman–Crippen MR) is 127 cm³/mol. The molecule has 1 aromatic heterocycles. The highest BCUT2D eigenvalue weighted by Crippen LogP contribution is 2.34. The van der Waals surface area contributed by atoms with E-state index in [4.69, 9.17) is 14.2 Å². The molecule has 0 amide bonds. The Balaban J connectivity index is 1.66. The van der Waals surface area contributed by atoms with Gasteiger partial charge in [0.25, 0.3) is 0 Å². The SMILES string of the molecule is CCOc1cc(C#N)cc(-c2ccc(OCc3ccccc3)nc2OCc2ccccc2)c1. The van der Waals surface area contributed by atoms with E-state index in [0.717, 1.165) is 22.3 Å². The second kappa shape index (κ2) is 10.8. The molecule has 4 aromatic rings. The summed E-state index contributed by atoms with van der Waals surface area (Å²) in [6, 6.07) is 31.2. The summed E-state index contributed by atoms with van der Waals surface area (Å²) in [5.41, 5.74) is 4.15. The second-order valence-corrected chi connectivity index (χ2v) is 7.34. The van der Waals surface area contributed by atoms with Gasteiger partial charge in [0.15, 0.2) is 0 Å². The molecule has 3 aromatic carbocycles. The number of ether oxygens (including phenoxy) is 3. The molecule has 0 aliphatic heterocycles. The largest absolute Gasteiger partial charge is 0.494 e. The van der Waals surface area contributed by atoms with Crippen molar-refractivity contribution in [2.75, 3.05) is 6.61 Å². The molecular formula is C28H24N2O3. The summed E-state index contributed by atoms with van der Waals surface area (Å²) in [6.45, 7) is 3.19. The van der Waals surface area contributed by atoms with Gasteiger partial charge in [0, 0.05) is 11.6 Å². The molecule has 0 aliphatic rings. The fraction of sp³-hybridized carbons (Fsp3) is 0.143. The third-order valence-electron chi connectivity index (χ3n) is 4.94. The van der Waals surface area contributed by atoms with Crippen molar-refractivity contribution in [2.24, 2.45) is 0 Å². The van der Waals surface area contributed by atoms with Gasteiger partial charge in [-0.25, -0.2) is 0 Å². The fourth-order valence-corrected chi connectivity index (χ4v) is 3.36. The van der Waals surface area contributed by atoms with Gasteiger partial charge in [0.2, 0.25) is 11.8 Å². The monoisotopic (exact) mass is 436 g/mol. The average Bonchev–Trinajstić information content (AvgIpc) is 2.87. The van der Waals surface area contributed by atoms with Crippen molar-refractivity contribution in [2.45, 2.75) is 20.1 Å². The number of nitriles is 1. The highest BCUT2D eigenvalue weighted by Gasteiger charge is 2.14. The number of benzene rings is 3. The van der Waals surface area contributed by atoms with Crippen LogP contribution in [0.25, 0.3) is 11.1 Å². The minimum Gasteiger partial charge on any atom is -0.494 e. The first-order valence-corrected chi connectivity index (χ1v) is 10.8. The summed E-state index contributed by atoms with van der Waals surface area (Å²) in [5, 5.41) is 9.47. The maximum atomic E-state index is 9.47. The molecule has 0 N–H and O–H groups in total. The van der Waals surface area contributed by atoms with Crippen molar-refractivity contribution in [3.8, 4) is 34.7 Å². The Morgan fingerprint density at radius 2 is 1.42 bits per heavy atom. The topological polar surface area (TPSA) is 64.4 Å². The molecule has 1 heterocycles. The maximum absolute atomic E-state index is 9.47. The van der Waals surface area contributed by atoms with Gasteiger partial charge in [-0.3, -0.25) is 0 Å². The zero-order chi connectivity index (χ0) is 22.9. The maximum Gasteiger partial charge on any atom is 0.225 e. The van der Waals surface area contributed by atoms with Gasteiger partial charge >= 0.3 is 0 Å². The molecule has 0 radical (unpaired) electrons. The van der Waals surface area contributed by atoms with E-state index < -0.39 is 0 Å². The third-order valence-corrected chi connectivity index (χ3v) is 4.94. The van der Waals surface area contributed by atoms with Crippen molar-refractivity contribution < 1.29 is 14.2 Å². The average molecular weight is 437 g/mol. The Labute approximate surface area is 193 Å². The summed E-state index contributed by atoms with van der Waals surface area (Å²) < 4.78 is 17.7. The first kappa shape index (κ1) is 21.9. The Hall–Kier alpha value is -4.30. The fourth-order valence-electron chi connectivity index (χ4n) is 3.36. The predicted octanol–water partition coefficient (Wildman–Crippen LogP) is 6.18. The van der Waals surface area contributed by atoms with Crippen LogP contribution in [-0.2, 0) is 13.2 Å². The number of nitrogens with zero attached hydrogens (tertiary/aromatic N) is 2. The van der Waals surface area contributed by atoms with E-state index >= 15 is 0 Å². The molecule has 0 saturated carbocycles. The number of hydrogen-bond donors (Lipinski definition) is 0. The molecule has 0 bridgehead atoms. The molecule has 33 heavy (non-hydrogen) atoms. The van der Waals surface area contributed by atoms with Crippen LogP contribution >= 0.6 is 0 Å². The van der Waals surface area contributed by atoms with Gasteiger partial charge in [-0.05, 0) is 47.9 Å². The molecule has 164 valence electrons. The van der Waals surface area contributed by atoms with E-state index in [1.165, 1.54) is 0 Å². The minimum absolute atomic E-state index is 0.360. The summed E-state index contributed by atoms with van der Waals surface area (Å²) in [5.74, 6) is 1.53. The van der Waals surface area contributed by atoms with Gasteiger partial charge in [-0.2, -0.15) is 10.2 Å². The van der Waals surface area contributed by atoms with E-state index in [2.05, 4.69) is 11.1 Å². The molecule has 5 nitrogen and oxygen atoms in total. The summed E-state index contributed by atoms with van der Waals surface area (Å²) in [6.07, 6.45) is 0. The van der Waals surface area contributed by atoms with Crippen molar-refractivity contribution >= 4 is 0 Å². The lowest BCUT2D eigenvalue weighted by Crippen LogP contribution is -2.02. The third kappa shape index (κ3) is 5.90. The van der Waals surface area contributed by atoms with Crippen LogP contribution in [-0.4, -0.2) is 11.6 Å². The van der Waals surface area contributed by atoms with E-state index in [9.17, 15) is 5.26 Å². The summed E-state index contributed by atoms with van der Waals surface area (Å²) in [4.78, 5) is 4.64. The normalized spacial score (nSPS) is 10.3. The molecule has 0 aliphatic carbocycles. The summed E-state index contributed by atoms with van der Waals surface area (Å²) >= 11 is 0. The molecule has 4 rings (SSSR count). The van der Waals surface area contributed by atoms with Crippen LogP contribution < -0.4 is 14.2 Å². The van der Waals surface area contributed by atoms with Gasteiger partial charge < -0.3 is 14.2 Å². The molecule has 0 saturated heterocycles. The van der Waals surface area contributed by atoms with Crippen molar-refractivity contribution in [1.82, 2.24) is 4.98 Å². The Bertz CT molecular complexity index is 1240. The Morgan fingerprint density at radius 3 is 2.06 bits per heavy atom. The molecule has 0 unspecified atom stereocenters. The number of pyridine rings is 1. The number of rotatable bonds is 9. The van der Waals surface area contributed by atoms with Gasteiger partial charge in [0.1, 0.15) is 19.0 Å². The lowest BCUT2D eigenvalue weighted by atomic mass is 10.0. The zero-order valence-corrected chi connectivity index (χ0v) is 18.4. The van der Waals surface area contributed by atoms with Gasteiger partial charge in [0.05, 0.1) is 18.2 Å². The molecule has 0 atom stereocenters. The number of hydrogen-bond acceptors (Lipinski definition) is 5. The Morgan fingerprint density at radius 1 is 0.758 bits per heavy atom. The van der Waals surface area contributed by atoms with E-state index in [1.807, 2.05) is 85.8 Å². The van der Waals surface area contributed by atoms with Crippen molar-refractivity contribution in [1.29, 1.82) is 5.26 Å². The first-order chi connectivity index (χ1) is 16.2. The van der Waals surface area contributed by atoms with Gasteiger partial charge in [-0.1, -0.05) is 60.7 Å². The summed E-state index contributed by atoms with van der Waals surface area (Å²) in [7, 11) is 0. The van der Waals surface area contributed by atoms with E-state index in [1.54, 1.807) is 12.1 Å². The van der Waals surface area contributed by atoms with Crippen molar-refractivity contribution in [3.05, 3.63) is 108 Å². The number of aromatic nitrogens is 1. The highest BCUT2D eigenvalue weighted by molar-refractivity contribution is 5.72. The molecule has 0 fully saturated rings. The van der Waals surface area contributed by atoms with E-state index in [-0.39, 0.29) is 0 Å². The molecule has 0 spiro atoms. The highest BCUT2D eigenvalue weighted by atomic mass is 16.5. The van der Waals surface area contributed by atoms with E-state index in [0.29, 0.717) is 42.9 Å². The second-order valence-electron chi connectivity index (χ2n) is 7.34. The Kier molecular flexibility index (Phi) is 7.19. The van der Waals surface area contributed by atoms with Crippen LogP contribution in [0.5, 0.6) is 17.5 Å².